The minimum atomic E-state index is -3.76. The van der Waals surface area contributed by atoms with Crippen molar-refractivity contribution < 1.29 is 23.1 Å². The van der Waals surface area contributed by atoms with Crippen molar-refractivity contribution in [2.45, 2.75) is 39.7 Å². The van der Waals surface area contributed by atoms with Crippen molar-refractivity contribution in [2.24, 2.45) is 5.92 Å². The zero-order valence-corrected chi connectivity index (χ0v) is 12.2. The fourth-order valence-corrected chi connectivity index (χ4v) is 2.65. The molecule has 0 rings (SSSR count). The average Bonchev–Trinajstić information content (AvgIpc) is 2.12. The summed E-state index contributed by atoms with van der Waals surface area (Å²) in [4.78, 5) is 11.1. The van der Waals surface area contributed by atoms with Crippen LogP contribution in [0.3, 0.4) is 0 Å². The van der Waals surface area contributed by atoms with Crippen LogP contribution < -0.4 is 4.72 Å². The predicted molar refractivity (Wildman–Crippen MR) is 68.5 cm³/mol. The van der Waals surface area contributed by atoms with Crippen LogP contribution in [0, 0.1) is 5.92 Å². The zero-order chi connectivity index (χ0) is 14.4. The van der Waals surface area contributed by atoms with Gasteiger partial charge in [0.15, 0.2) is 5.75 Å². The van der Waals surface area contributed by atoms with Gasteiger partial charge in [-0.1, -0.05) is 13.8 Å². The Morgan fingerprint density at radius 1 is 1.44 bits per heavy atom. The third-order valence-electron chi connectivity index (χ3n) is 2.13. The lowest BCUT2D eigenvalue weighted by molar-refractivity contribution is -0.139. The minimum absolute atomic E-state index is 0.118. The fourth-order valence-electron chi connectivity index (χ4n) is 1.63. The summed E-state index contributed by atoms with van der Waals surface area (Å²) in [5.41, 5.74) is -1.13. The van der Waals surface area contributed by atoms with Gasteiger partial charge in [0.25, 0.3) is 0 Å². The maximum Gasteiger partial charge on any atom is 0.322 e. The van der Waals surface area contributed by atoms with Crippen LogP contribution in [0.1, 0.15) is 34.1 Å². The van der Waals surface area contributed by atoms with Gasteiger partial charge in [0, 0.05) is 6.54 Å². The number of sulfonamides is 1. The molecule has 0 aromatic rings. The molecule has 2 N–H and O–H groups in total. The molecule has 0 heterocycles. The van der Waals surface area contributed by atoms with Gasteiger partial charge in [-0.15, -0.1) is 0 Å². The van der Waals surface area contributed by atoms with Crippen molar-refractivity contribution in [3.05, 3.63) is 0 Å². The van der Waals surface area contributed by atoms with Crippen LogP contribution in [0.4, 0.5) is 0 Å². The first kappa shape index (κ1) is 17.3. The molecule has 0 amide bonds. The molecule has 0 aromatic heterocycles. The second-order valence-corrected chi connectivity index (χ2v) is 6.79. The van der Waals surface area contributed by atoms with Crippen molar-refractivity contribution in [1.82, 2.24) is 4.72 Å². The first-order valence-electron chi connectivity index (χ1n) is 5.93. The van der Waals surface area contributed by atoms with Gasteiger partial charge in [-0.2, -0.15) is 0 Å². The summed E-state index contributed by atoms with van der Waals surface area (Å²) in [5.74, 6) is -1.28. The highest BCUT2D eigenvalue weighted by molar-refractivity contribution is 7.90. The van der Waals surface area contributed by atoms with Crippen molar-refractivity contribution in [2.75, 3.05) is 18.9 Å². The van der Waals surface area contributed by atoms with E-state index >= 15 is 0 Å². The highest BCUT2D eigenvalue weighted by Crippen LogP contribution is 2.15. The van der Waals surface area contributed by atoms with Crippen LogP contribution in [0.25, 0.3) is 0 Å². The van der Waals surface area contributed by atoms with E-state index in [1.54, 1.807) is 13.8 Å². The van der Waals surface area contributed by atoms with Crippen molar-refractivity contribution in [3.63, 3.8) is 0 Å². The number of rotatable bonds is 8. The number of aliphatic hydroxyl groups is 1. The molecule has 7 heteroatoms. The molecule has 0 saturated carbocycles. The number of hydrogen-bond donors (Lipinski definition) is 2. The lowest BCUT2D eigenvalue weighted by Crippen LogP contribution is -2.43. The molecule has 0 aromatic carbocycles. The Hall–Kier alpha value is -0.660. The van der Waals surface area contributed by atoms with Gasteiger partial charge in [-0.05, 0) is 26.2 Å². The molecule has 0 spiro atoms. The molecule has 108 valence electrons. The average molecular weight is 281 g/mol. The summed E-state index contributed by atoms with van der Waals surface area (Å²) < 4.78 is 29.8. The fraction of sp³-hybridized carbons (Fsp3) is 0.909. The van der Waals surface area contributed by atoms with E-state index in [0.29, 0.717) is 6.42 Å². The quantitative estimate of drug-likeness (QED) is 0.623. The van der Waals surface area contributed by atoms with E-state index in [-0.39, 0.29) is 19.1 Å². The first-order chi connectivity index (χ1) is 8.08. The molecular formula is C11H23NO5S. The Balaban J connectivity index is 4.30. The molecule has 6 nitrogen and oxygen atoms in total. The molecule has 0 fully saturated rings. The molecule has 0 aliphatic rings. The molecule has 1 unspecified atom stereocenters. The minimum Gasteiger partial charge on any atom is -0.465 e. The van der Waals surface area contributed by atoms with Gasteiger partial charge in [0.2, 0.25) is 10.0 Å². The maximum absolute atomic E-state index is 11.5. The molecule has 0 radical (unpaired) electrons. The van der Waals surface area contributed by atoms with Crippen molar-refractivity contribution >= 4 is 16.0 Å². The first-order valence-corrected chi connectivity index (χ1v) is 7.58. The van der Waals surface area contributed by atoms with Gasteiger partial charge in [-0.25, -0.2) is 13.1 Å². The third kappa shape index (κ3) is 8.43. The molecular weight excluding hydrogens is 258 g/mol. The standard InChI is InChI=1S/C11H23NO5S/c1-5-17-10(13)7-18(15,16)12-8-11(4,14)6-9(2)3/h9,12,14H,5-8H2,1-4H3. The van der Waals surface area contributed by atoms with Crippen molar-refractivity contribution in [3.8, 4) is 0 Å². The van der Waals surface area contributed by atoms with E-state index in [1.165, 1.54) is 0 Å². The number of nitrogens with one attached hydrogen (secondary N) is 1. The highest BCUT2D eigenvalue weighted by atomic mass is 32.2. The normalized spacial score (nSPS) is 15.4. The van der Waals surface area contributed by atoms with Crippen molar-refractivity contribution in [1.29, 1.82) is 0 Å². The Labute approximate surface area is 109 Å². The Morgan fingerprint density at radius 2 is 2.00 bits per heavy atom. The maximum atomic E-state index is 11.5. The second kappa shape index (κ2) is 7.06. The van der Waals surface area contributed by atoms with E-state index in [2.05, 4.69) is 9.46 Å². The smallest absolute Gasteiger partial charge is 0.322 e. The summed E-state index contributed by atoms with van der Waals surface area (Å²) in [6, 6.07) is 0. The molecule has 1 atom stereocenters. The molecule has 0 bridgehead atoms. The SMILES string of the molecule is CCOC(=O)CS(=O)(=O)NCC(C)(O)CC(C)C. The summed E-state index contributed by atoms with van der Waals surface area (Å²) in [5, 5.41) is 9.94. The molecule has 18 heavy (non-hydrogen) atoms. The van der Waals surface area contributed by atoms with Gasteiger partial charge >= 0.3 is 5.97 Å². The van der Waals surface area contributed by atoms with Crippen LogP contribution in [-0.2, 0) is 19.6 Å². The van der Waals surface area contributed by atoms with Gasteiger partial charge in [0.05, 0.1) is 12.2 Å². The van der Waals surface area contributed by atoms with E-state index in [0.717, 1.165) is 0 Å². The van der Waals surface area contributed by atoms with Gasteiger partial charge < -0.3 is 9.84 Å². The zero-order valence-electron chi connectivity index (χ0n) is 11.4. The Bertz CT molecular complexity index is 362. The van der Waals surface area contributed by atoms with Gasteiger partial charge in [-0.3, -0.25) is 4.79 Å². The lowest BCUT2D eigenvalue weighted by Gasteiger charge is -2.25. The van der Waals surface area contributed by atoms with Gasteiger partial charge in [0.1, 0.15) is 0 Å². The number of carbonyl (C=O) groups is 1. The summed E-state index contributed by atoms with van der Waals surface area (Å²) in [6.45, 7) is 7.04. The highest BCUT2D eigenvalue weighted by Gasteiger charge is 2.25. The molecule has 0 aliphatic heterocycles. The Kier molecular flexibility index (Phi) is 6.80. The summed E-state index contributed by atoms with van der Waals surface area (Å²) in [7, 11) is -3.76. The van der Waals surface area contributed by atoms with Crippen LogP contribution >= 0.6 is 0 Å². The third-order valence-corrected chi connectivity index (χ3v) is 3.33. The van der Waals surface area contributed by atoms with Crippen LogP contribution in [0.2, 0.25) is 0 Å². The largest absolute Gasteiger partial charge is 0.465 e. The predicted octanol–water partition coefficient (Wildman–Crippen LogP) is 0.266. The lowest BCUT2D eigenvalue weighted by atomic mass is 9.95. The van der Waals surface area contributed by atoms with Crippen LogP contribution in [0.5, 0.6) is 0 Å². The molecule has 0 saturated heterocycles. The number of esters is 1. The summed E-state index contributed by atoms with van der Waals surface area (Å²) in [6.07, 6.45) is 0.467. The topological polar surface area (TPSA) is 92.7 Å². The van der Waals surface area contributed by atoms with E-state index in [9.17, 15) is 18.3 Å². The summed E-state index contributed by atoms with van der Waals surface area (Å²) >= 11 is 0. The van der Waals surface area contributed by atoms with E-state index in [4.69, 9.17) is 0 Å². The number of carbonyl (C=O) groups excluding carboxylic acids is 1. The van der Waals surface area contributed by atoms with Crippen LogP contribution in [0.15, 0.2) is 0 Å². The monoisotopic (exact) mass is 281 g/mol. The molecule has 0 aliphatic carbocycles. The van der Waals surface area contributed by atoms with E-state index < -0.39 is 27.3 Å². The van der Waals surface area contributed by atoms with E-state index in [1.807, 2.05) is 13.8 Å². The number of ether oxygens (including phenoxy) is 1. The second-order valence-electron chi connectivity index (χ2n) is 4.98. The Morgan fingerprint density at radius 3 is 2.44 bits per heavy atom. The number of hydrogen-bond acceptors (Lipinski definition) is 5. The van der Waals surface area contributed by atoms with Crippen LogP contribution in [-0.4, -0.2) is 44.0 Å².